The minimum absolute atomic E-state index is 0.0154. The maximum Gasteiger partial charge on any atom is 0.236 e. The molecule has 4 heterocycles. The summed E-state index contributed by atoms with van der Waals surface area (Å²) >= 11 is 0. The van der Waals surface area contributed by atoms with Crippen molar-refractivity contribution in [1.82, 2.24) is 24.8 Å². The molecule has 3 aromatic heterocycles. The highest BCUT2D eigenvalue weighted by Crippen LogP contribution is 2.39. The second kappa shape index (κ2) is 9.21. The first-order chi connectivity index (χ1) is 15.7. The van der Waals surface area contributed by atoms with Crippen LogP contribution < -0.4 is 0 Å². The standard InChI is InChI=1S/C26H34FN5O/c1-15(2)22-23-20(30-25(22)19-11-16(3)29-17(4)12-19)13-28-26(24(23)27)18-7-9-32(10-8-18)21(33)14-31(5)6/h11-13,15,18,30H,7-10,14H2,1-6H3. The lowest BCUT2D eigenvalue weighted by molar-refractivity contribution is -0.132. The van der Waals surface area contributed by atoms with Crippen molar-refractivity contribution in [3.63, 3.8) is 0 Å². The lowest BCUT2D eigenvalue weighted by Crippen LogP contribution is -2.42. The molecule has 1 aliphatic heterocycles. The Hall–Kier alpha value is -2.80. The van der Waals surface area contributed by atoms with Crippen LogP contribution in [0.1, 0.15) is 61.2 Å². The number of halogens is 1. The third kappa shape index (κ3) is 4.64. The van der Waals surface area contributed by atoms with Crippen molar-refractivity contribution in [2.24, 2.45) is 0 Å². The molecule has 0 aromatic carbocycles. The van der Waals surface area contributed by atoms with E-state index in [9.17, 15) is 4.79 Å². The summed E-state index contributed by atoms with van der Waals surface area (Å²) in [7, 11) is 3.79. The monoisotopic (exact) mass is 451 g/mol. The lowest BCUT2D eigenvalue weighted by atomic mass is 9.90. The topological polar surface area (TPSA) is 65.1 Å². The normalized spacial score (nSPS) is 15.2. The van der Waals surface area contributed by atoms with E-state index in [0.29, 0.717) is 30.7 Å². The highest BCUT2D eigenvalue weighted by molar-refractivity contribution is 5.92. The van der Waals surface area contributed by atoms with Crippen molar-refractivity contribution in [3.05, 3.63) is 46.8 Å². The molecule has 1 saturated heterocycles. The van der Waals surface area contributed by atoms with Gasteiger partial charge in [0.25, 0.3) is 0 Å². The number of amides is 1. The highest BCUT2D eigenvalue weighted by atomic mass is 19.1. The van der Waals surface area contributed by atoms with Crippen molar-refractivity contribution >= 4 is 16.8 Å². The Labute approximate surface area is 195 Å². The zero-order valence-corrected chi connectivity index (χ0v) is 20.5. The second-order valence-corrected chi connectivity index (χ2v) is 9.85. The first-order valence-electron chi connectivity index (χ1n) is 11.7. The van der Waals surface area contributed by atoms with E-state index in [1.165, 1.54) is 0 Å². The number of fused-ring (bicyclic) bond motifs is 1. The maximum atomic E-state index is 16.0. The second-order valence-electron chi connectivity index (χ2n) is 9.85. The van der Waals surface area contributed by atoms with Gasteiger partial charge in [0.1, 0.15) is 0 Å². The van der Waals surface area contributed by atoms with Crippen LogP contribution in [0.25, 0.3) is 22.2 Å². The molecule has 1 aliphatic rings. The van der Waals surface area contributed by atoms with Crippen molar-refractivity contribution in [2.75, 3.05) is 33.7 Å². The average molecular weight is 452 g/mol. The van der Waals surface area contributed by atoms with Crippen LogP contribution >= 0.6 is 0 Å². The molecular formula is C26H34FN5O. The van der Waals surface area contributed by atoms with Crippen molar-refractivity contribution in [2.45, 2.75) is 52.4 Å². The van der Waals surface area contributed by atoms with E-state index in [-0.39, 0.29) is 23.6 Å². The first kappa shape index (κ1) is 23.4. The number of pyridine rings is 2. The zero-order valence-electron chi connectivity index (χ0n) is 20.5. The molecular weight excluding hydrogens is 417 g/mol. The van der Waals surface area contributed by atoms with Gasteiger partial charge in [-0.15, -0.1) is 0 Å². The minimum atomic E-state index is -0.223. The Balaban J connectivity index is 1.69. The lowest BCUT2D eigenvalue weighted by Gasteiger charge is -2.32. The fourth-order valence-corrected chi connectivity index (χ4v) is 5.03. The summed E-state index contributed by atoms with van der Waals surface area (Å²) in [5, 5.41) is 0.642. The largest absolute Gasteiger partial charge is 0.353 e. The number of hydrogen-bond donors (Lipinski definition) is 1. The summed E-state index contributed by atoms with van der Waals surface area (Å²) in [5.41, 5.74) is 6.07. The molecule has 0 spiro atoms. The van der Waals surface area contributed by atoms with Crippen LogP contribution in [0, 0.1) is 19.7 Å². The third-order valence-electron chi connectivity index (χ3n) is 6.48. The molecule has 6 nitrogen and oxygen atoms in total. The number of nitrogens with one attached hydrogen (secondary N) is 1. The number of rotatable bonds is 5. The molecule has 7 heteroatoms. The number of carbonyl (C=O) groups excluding carboxylic acids is 1. The molecule has 176 valence electrons. The van der Waals surface area contributed by atoms with Crippen LogP contribution in [0.4, 0.5) is 4.39 Å². The predicted molar refractivity (Wildman–Crippen MR) is 130 cm³/mol. The number of aryl methyl sites for hydroxylation is 2. The van der Waals surface area contributed by atoms with E-state index >= 15 is 4.39 Å². The summed E-state index contributed by atoms with van der Waals surface area (Å²) in [6.45, 7) is 9.83. The Morgan fingerprint density at radius 2 is 1.85 bits per heavy atom. The van der Waals surface area contributed by atoms with Gasteiger partial charge >= 0.3 is 0 Å². The van der Waals surface area contributed by atoms with Crippen molar-refractivity contribution in [1.29, 1.82) is 0 Å². The Bertz CT molecular complexity index is 1150. The number of likely N-dealkylation sites (tertiary alicyclic amines) is 1. The Morgan fingerprint density at radius 3 is 2.42 bits per heavy atom. The molecule has 0 aliphatic carbocycles. The zero-order chi connectivity index (χ0) is 23.9. The SMILES string of the molecule is Cc1cc(-c2[nH]c3cnc(C4CCN(C(=O)CN(C)C)CC4)c(F)c3c2C(C)C)cc(C)n1. The Kier molecular flexibility index (Phi) is 6.52. The molecule has 1 fully saturated rings. The van der Waals surface area contributed by atoms with Gasteiger partial charge in [0.15, 0.2) is 5.82 Å². The van der Waals surface area contributed by atoms with E-state index in [1.54, 1.807) is 6.20 Å². The van der Waals surface area contributed by atoms with Gasteiger partial charge in [-0.25, -0.2) is 4.39 Å². The van der Waals surface area contributed by atoms with Gasteiger partial charge in [-0.3, -0.25) is 14.8 Å². The van der Waals surface area contributed by atoms with Gasteiger partial charge in [-0.2, -0.15) is 0 Å². The molecule has 1 N–H and O–H groups in total. The van der Waals surface area contributed by atoms with Crippen LogP contribution in [0.5, 0.6) is 0 Å². The van der Waals surface area contributed by atoms with E-state index in [0.717, 1.165) is 46.6 Å². The minimum Gasteiger partial charge on any atom is -0.353 e. The number of H-pyrrole nitrogens is 1. The van der Waals surface area contributed by atoms with E-state index in [1.807, 2.05) is 49.9 Å². The van der Waals surface area contributed by atoms with Gasteiger partial charge in [-0.1, -0.05) is 13.8 Å². The molecule has 0 bridgehead atoms. The smallest absolute Gasteiger partial charge is 0.236 e. The van der Waals surface area contributed by atoms with Gasteiger partial charge in [0, 0.05) is 41.3 Å². The third-order valence-corrected chi connectivity index (χ3v) is 6.48. The van der Waals surface area contributed by atoms with Gasteiger partial charge in [-0.05, 0) is 64.4 Å². The fourth-order valence-electron chi connectivity index (χ4n) is 5.03. The molecule has 33 heavy (non-hydrogen) atoms. The number of piperidine rings is 1. The van der Waals surface area contributed by atoms with Crippen LogP contribution in [0.15, 0.2) is 18.3 Å². The van der Waals surface area contributed by atoms with Gasteiger partial charge in [0.05, 0.1) is 29.6 Å². The molecule has 0 saturated carbocycles. The van der Waals surface area contributed by atoms with E-state index in [2.05, 4.69) is 28.8 Å². The van der Waals surface area contributed by atoms with E-state index in [4.69, 9.17) is 0 Å². The van der Waals surface area contributed by atoms with E-state index < -0.39 is 0 Å². The van der Waals surface area contributed by atoms with Gasteiger partial charge < -0.3 is 14.8 Å². The van der Waals surface area contributed by atoms with Crippen LogP contribution in [0.3, 0.4) is 0 Å². The number of hydrogen-bond acceptors (Lipinski definition) is 4. The van der Waals surface area contributed by atoms with Gasteiger partial charge in [0.2, 0.25) is 5.91 Å². The Morgan fingerprint density at radius 1 is 1.21 bits per heavy atom. The molecule has 0 atom stereocenters. The first-order valence-corrected chi connectivity index (χ1v) is 11.7. The fraction of sp³-hybridized carbons (Fsp3) is 0.500. The highest BCUT2D eigenvalue weighted by Gasteiger charge is 2.29. The number of carbonyl (C=O) groups is 1. The molecule has 0 radical (unpaired) electrons. The molecule has 4 rings (SSSR count). The average Bonchev–Trinajstić information content (AvgIpc) is 3.14. The number of aromatic amines is 1. The quantitative estimate of drug-likeness (QED) is 0.607. The summed E-state index contributed by atoms with van der Waals surface area (Å²) in [4.78, 5) is 28.6. The number of likely N-dealkylation sites (N-methyl/N-ethyl adjacent to an activating group) is 1. The molecule has 0 unspecified atom stereocenters. The molecule has 1 amide bonds. The van der Waals surface area contributed by atoms with Crippen LogP contribution in [0.2, 0.25) is 0 Å². The summed E-state index contributed by atoms with van der Waals surface area (Å²) in [6.07, 6.45) is 3.23. The summed E-state index contributed by atoms with van der Waals surface area (Å²) < 4.78 is 16.0. The predicted octanol–water partition coefficient (Wildman–Crippen LogP) is 4.77. The van der Waals surface area contributed by atoms with Crippen LogP contribution in [-0.2, 0) is 4.79 Å². The van der Waals surface area contributed by atoms with Crippen molar-refractivity contribution in [3.8, 4) is 11.3 Å². The summed E-state index contributed by atoms with van der Waals surface area (Å²) in [5.74, 6) is 0.0567. The maximum absolute atomic E-state index is 16.0. The number of aromatic nitrogens is 3. The summed E-state index contributed by atoms with van der Waals surface area (Å²) in [6, 6.07) is 4.08. The molecule has 3 aromatic rings. The number of nitrogens with zero attached hydrogens (tertiary/aromatic N) is 4. The van der Waals surface area contributed by atoms with Crippen molar-refractivity contribution < 1.29 is 9.18 Å². The van der Waals surface area contributed by atoms with Crippen LogP contribution in [-0.4, -0.2) is 64.4 Å².